The monoisotopic (exact) mass is 262 g/mol. The highest BCUT2D eigenvalue weighted by Gasteiger charge is 2.21. The molecule has 5 heteroatoms. The molecule has 0 aliphatic carbocycles. The highest BCUT2D eigenvalue weighted by atomic mass is 16.2. The number of carbonyl (C=O) groups is 1. The van der Waals surface area contributed by atoms with Crippen molar-refractivity contribution in [2.75, 3.05) is 38.1 Å². The zero-order valence-corrected chi connectivity index (χ0v) is 11.6. The van der Waals surface area contributed by atoms with Gasteiger partial charge in [0.2, 0.25) is 0 Å². The first-order valence-electron chi connectivity index (χ1n) is 6.74. The van der Waals surface area contributed by atoms with E-state index in [1.54, 1.807) is 0 Å². The number of nitrogen functional groups attached to an aromatic ring is 1. The first-order valence-corrected chi connectivity index (χ1v) is 6.74. The van der Waals surface area contributed by atoms with Crippen molar-refractivity contribution >= 4 is 11.6 Å². The summed E-state index contributed by atoms with van der Waals surface area (Å²) in [5.41, 5.74) is 5.20. The predicted octanol–water partition coefficient (Wildman–Crippen LogP) is 1.06. The molecule has 0 aromatic heterocycles. The average Bonchev–Trinajstić information content (AvgIpc) is 2.46. The number of amides is 1. The van der Waals surface area contributed by atoms with Crippen LogP contribution in [0, 0.1) is 6.92 Å². The molecule has 1 amide bonds. The summed E-state index contributed by atoms with van der Waals surface area (Å²) in [6.07, 6.45) is 0. The summed E-state index contributed by atoms with van der Waals surface area (Å²) in [6, 6.07) is 5.57. The lowest BCUT2D eigenvalue weighted by atomic mass is 10.1. The molecule has 0 radical (unpaired) electrons. The summed E-state index contributed by atoms with van der Waals surface area (Å²) in [6.45, 7) is 8.69. The van der Waals surface area contributed by atoms with E-state index in [1.807, 2.05) is 30.0 Å². The fraction of sp³-hybridized carbons (Fsp3) is 0.500. The number of rotatable bonds is 3. The molecule has 19 heavy (non-hydrogen) atoms. The molecular formula is C14H22N4O. The number of piperazine rings is 1. The maximum Gasteiger partial charge on any atom is 0.253 e. The van der Waals surface area contributed by atoms with Gasteiger partial charge in [0, 0.05) is 31.7 Å². The maximum atomic E-state index is 12.4. The number of anilines is 1. The van der Waals surface area contributed by atoms with Gasteiger partial charge in [-0.15, -0.1) is 0 Å². The van der Waals surface area contributed by atoms with Crippen LogP contribution in [0.15, 0.2) is 18.2 Å². The molecule has 0 spiro atoms. The van der Waals surface area contributed by atoms with Gasteiger partial charge in [-0.3, -0.25) is 10.6 Å². The van der Waals surface area contributed by atoms with E-state index >= 15 is 0 Å². The Morgan fingerprint density at radius 3 is 2.53 bits per heavy atom. The van der Waals surface area contributed by atoms with Gasteiger partial charge in [-0.1, -0.05) is 6.92 Å². The molecule has 2 rings (SSSR count). The van der Waals surface area contributed by atoms with Crippen LogP contribution in [-0.2, 0) is 0 Å². The Morgan fingerprint density at radius 1 is 1.32 bits per heavy atom. The van der Waals surface area contributed by atoms with Crippen LogP contribution in [0.5, 0.6) is 0 Å². The van der Waals surface area contributed by atoms with E-state index in [-0.39, 0.29) is 5.91 Å². The standard InChI is InChI=1S/C14H22N4O/c1-3-17-6-8-18(9-7-17)14(19)12-4-5-13(16-15)11(2)10-12/h4-5,10,16H,3,6-9,15H2,1-2H3. The second-order valence-electron chi connectivity index (χ2n) is 4.90. The molecule has 0 atom stereocenters. The van der Waals surface area contributed by atoms with Crippen LogP contribution in [0.25, 0.3) is 0 Å². The number of hydrogen-bond donors (Lipinski definition) is 2. The third kappa shape index (κ3) is 3.05. The molecule has 104 valence electrons. The van der Waals surface area contributed by atoms with E-state index in [9.17, 15) is 4.79 Å². The van der Waals surface area contributed by atoms with Crippen molar-refractivity contribution in [2.24, 2.45) is 5.84 Å². The molecule has 3 N–H and O–H groups in total. The number of carbonyl (C=O) groups excluding carboxylic acids is 1. The summed E-state index contributed by atoms with van der Waals surface area (Å²) in [4.78, 5) is 16.7. The zero-order chi connectivity index (χ0) is 13.8. The van der Waals surface area contributed by atoms with E-state index in [2.05, 4.69) is 17.2 Å². The normalized spacial score (nSPS) is 16.5. The molecule has 1 heterocycles. The van der Waals surface area contributed by atoms with Crippen molar-refractivity contribution in [3.63, 3.8) is 0 Å². The van der Waals surface area contributed by atoms with Gasteiger partial charge in [0.05, 0.1) is 5.69 Å². The highest BCUT2D eigenvalue weighted by Crippen LogP contribution is 2.17. The molecule has 0 unspecified atom stereocenters. The summed E-state index contributed by atoms with van der Waals surface area (Å²) < 4.78 is 0. The molecule has 1 aromatic carbocycles. The molecule has 1 saturated heterocycles. The number of hydrazine groups is 1. The third-order valence-corrected chi connectivity index (χ3v) is 3.74. The topological polar surface area (TPSA) is 61.6 Å². The largest absolute Gasteiger partial charge is 0.336 e. The van der Waals surface area contributed by atoms with E-state index in [0.29, 0.717) is 0 Å². The van der Waals surface area contributed by atoms with Crippen molar-refractivity contribution in [1.82, 2.24) is 9.80 Å². The first-order chi connectivity index (χ1) is 9.15. The molecule has 1 aliphatic heterocycles. The molecule has 1 aromatic rings. The maximum absolute atomic E-state index is 12.4. The van der Waals surface area contributed by atoms with Crippen LogP contribution in [0.1, 0.15) is 22.8 Å². The minimum Gasteiger partial charge on any atom is -0.336 e. The second kappa shape index (κ2) is 6.04. The smallest absolute Gasteiger partial charge is 0.253 e. The lowest BCUT2D eigenvalue weighted by Gasteiger charge is -2.34. The number of nitrogens with two attached hydrogens (primary N) is 1. The molecule has 5 nitrogen and oxygen atoms in total. The van der Waals surface area contributed by atoms with E-state index in [1.165, 1.54) is 0 Å². The lowest BCUT2D eigenvalue weighted by Crippen LogP contribution is -2.48. The minimum atomic E-state index is 0.113. The average molecular weight is 262 g/mol. The Balaban J connectivity index is 2.06. The minimum absolute atomic E-state index is 0.113. The first kappa shape index (κ1) is 13.8. The molecule has 1 aliphatic rings. The summed E-state index contributed by atoms with van der Waals surface area (Å²) >= 11 is 0. The van der Waals surface area contributed by atoms with E-state index in [0.717, 1.165) is 49.5 Å². The van der Waals surface area contributed by atoms with Gasteiger partial charge in [0.25, 0.3) is 5.91 Å². The fourth-order valence-electron chi connectivity index (χ4n) is 2.41. The highest BCUT2D eigenvalue weighted by molar-refractivity contribution is 5.95. The van der Waals surface area contributed by atoms with Crippen molar-refractivity contribution in [1.29, 1.82) is 0 Å². The van der Waals surface area contributed by atoms with Gasteiger partial charge in [0.1, 0.15) is 0 Å². The van der Waals surface area contributed by atoms with Crippen LogP contribution < -0.4 is 11.3 Å². The van der Waals surface area contributed by atoms with Crippen molar-refractivity contribution < 1.29 is 4.79 Å². The number of hydrogen-bond acceptors (Lipinski definition) is 4. The fourth-order valence-corrected chi connectivity index (χ4v) is 2.41. The Morgan fingerprint density at radius 2 is 2.00 bits per heavy atom. The van der Waals surface area contributed by atoms with Gasteiger partial charge in [-0.25, -0.2) is 0 Å². The van der Waals surface area contributed by atoms with Crippen molar-refractivity contribution in [3.8, 4) is 0 Å². The number of benzene rings is 1. The van der Waals surface area contributed by atoms with E-state index in [4.69, 9.17) is 5.84 Å². The molecule has 1 fully saturated rings. The van der Waals surface area contributed by atoms with Gasteiger partial charge in [-0.05, 0) is 37.2 Å². The van der Waals surface area contributed by atoms with Gasteiger partial charge < -0.3 is 15.2 Å². The zero-order valence-electron chi connectivity index (χ0n) is 11.6. The summed E-state index contributed by atoms with van der Waals surface area (Å²) in [7, 11) is 0. The number of nitrogens with one attached hydrogen (secondary N) is 1. The van der Waals surface area contributed by atoms with Crippen LogP contribution in [0.2, 0.25) is 0 Å². The van der Waals surface area contributed by atoms with Crippen LogP contribution in [0.4, 0.5) is 5.69 Å². The SMILES string of the molecule is CCN1CCN(C(=O)c2ccc(NN)c(C)c2)CC1. The predicted molar refractivity (Wildman–Crippen MR) is 77.0 cm³/mol. The van der Waals surface area contributed by atoms with Gasteiger partial charge in [-0.2, -0.15) is 0 Å². The number of likely N-dealkylation sites (N-methyl/N-ethyl adjacent to an activating group) is 1. The molecule has 0 saturated carbocycles. The van der Waals surface area contributed by atoms with Crippen molar-refractivity contribution in [2.45, 2.75) is 13.8 Å². The quantitative estimate of drug-likeness (QED) is 0.631. The second-order valence-corrected chi connectivity index (χ2v) is 4.90. The Labute approximate surface area is 114 Å². The lowest BCUT2D eigenvalue weighted by molar-refractivity contribution is 0.0643. The van der Waals surface area contributed by atoms with Gasteiger partial charge in [0.15, 0.2) is 0 Å². The Kier molecular flexibility index (Phi) is 4.39. The molecule has 0 bridgehead atoms. The summed E-state index contributed by atoms with van der Waals surface area (Å²) in [5.74, 6) is 5.51. The number of aryl methyl sites for hydroxylation is 1. The number of nitrogens with zero attached hydrogens (tertiary/aromatic N) is 2. The van der Waals surface area contributed by atoms with Crippen LogP contribution >= 0.6 is 0 Å². The van der Waals surface area contributed by atoms with Crippen LogP contribution in [0.3, 0.4) is 0 Å². The van der Waals surface area contributed by atoms with Gasteiger partial charge >= 0.3 is 0 Å². The third-order valence-electron chi connectivity index (χ3n) is 3.74. The van der Waals surface area contributed by atoms with Crippen molar-refractivity contribution in [3.05, 3.63) is 29.3 Å². The van der Waals surface area contributed by atoms with E-state index < -0.39 is 0 Å². The Hall–Kier alpha value is -1.59. The molecular weight excluding hydrogens is 240 g/mol. The van der Waals surface area contributed by atoms with Crippen LogP contribution in [-0.4, -0.2) is 48.4 Å². The summed E-state index contributed by atoms with van der Waals surface area (Å²) in [5, 5.41) is 0. The Bertz CT molecular complexity index is 453.